The van der Waals surface area contributed by atoms with E-state index in [1.807, 2.05) is 0 Å². The smallest absolute Gasteiger partial charge is 0.340 e. The third-order valence-corrected chi connectivity index (χ3v) is 2.78. The molecule has 5 nitrogen and oxygen atoms in total. The van der Waals surface area contributed by atoms with Crippen LogP contribution in [0.1, 0.15) is 20.8 Å². The minimum Gasteiger partial charge on any atom is -0.340 e. The fourth-order valence-electron chi connectivity index (χ4n) is 0.504. The zero-order chi connectivity index (χ0) is 9.28. The van der Waals surface area contributed by atoms with Gasteiger partial charge in [-0.2, -0.15) is 0 Å². The van der Waals surface area contributed by atoms with Crippen LogP contribution in [0.5, 0.6) is 0 Å². The first-order valence-electron chi connectivity index (χ1n) is 3.01. The molecule has 0 spiro atoms. The number of carbonyl (C=O) groups excluding carboxylic acids is 1. The van der Waals surface area contributed by atoms with E-state index in [-0.39, 0.29) is 0 Å². The summed E-state index contributed by atoms with van der Waals surface area (Å²) in [6.45, 7) is 3.75. The summed E-state index contributed by atoms with van der Waals surface area (Å²) < 4.78 is 10.7. The van der Waals surface area contributed by atoms with Crippen molar-refractivity contribution < 1.29 is 19.1 Å². The van der Waals surface area contributed by atoms with Crippen LogP contribution in [0.3, 0.4) is 0 Å². The lowest BCUT2D eigenvalue weighted by Crippen LogP contribution is -2.41. The molecule has 0 saturated heterocycles. The first-order chi connectivity index (χ1) is 4.67. The Kier molecular flexibility index (Phi) is 2.83. The fraction of sp³-hybridized carbons (Fsp3) is 0.800. The highest BCUT2D eigenvalue weighted by Gasteiger charge is 2.38. The van der Waals surface area contributed by atoms with Crippen LogP contribution in [0.2, 0.25) is 0 Å². The second-order valence-electron chi connectivity index (χ2n) is 2.78. The molecular weight excluding hydrogens is 169 g/mol. The maximum Gasteiger partial charge on any atom is 0.350 e. The van der Waals surface area contributed by atoms with Gasteiger partial charge in [0.05, 0.1) is 0 Å². The Bertz CT molecular complexity index is 207. The Morgan fingerprint density at radius 2 is 1.82 bits per heavy atom. The minimum atomic E-state index is -4.25. The quantitative estimate of drug-likeness (QED) is 0.525. The van der Waals surface area contributed by atoms with Crippen molar-refractivity contribution in [2.24, 2.45) is 0 Å². The molecule has 0 aliphatic carbocycles. The molecule has 0 aromatic heterocycles. The van der Waals surface area contributed by atoms with Crippen LogP contribution in [0.15, 0.2) is 0 Å². The first-order valence-corrected chi connectivity index (χ1v) is 4.62. The SMILES string of the molecule is CC(=O)NC(C)(C)P(=O)(O)O. The molecule has 0 bridgehead atoms. The van der Waals surface area contributed by atoms with E-state index in [0.29, 0.717) is 0 Å². The molecule has 0 aromatic rings. The van der Waals surface area contributed by atoms with Crippen molar-refractivity contribution in [3.05, 3.63) is 0 Å². The Hall–Kier alpha value is -0.380. The molecule has 0 fully saturated rings. The van der Waals surface area contributed by atoms with Gasteiger partial charge in [0.1, 0.15) is 5.28 Å². The molecule has 0 aliphatic rings. The largest absolute Gasteiger partial charge is 0.350 e. The van der Waals surface area contributed by atoms with Crippen molar-refractivity contribution in [3.63, 3.8) is 0 Å². The van der Waals surface area contributed by atoms with Gasteiger partial charge in [0.25, 0.3) is 0 Å². The predicted octanol–water partition coefficient (Wildman–Crippen LogP) is 0.0363. The lowest BCUT2D eigenvalue weighted by atomic mass is 10.4. The van der Waals surface area contributed by atoms with E-state index in [4.69, 9.17) is 9.79 Å². The molecule has 11 heavy (non-hydrogen) atoms. The molecular formula is C5H12NO4P. The van der Waals surface area contributed by atoms with Crippen molar-refractivity contribution >= 4 is 13.5 Å². The van der Waals surface area contributed by atoms with Gasteiger partial charge in [-0.3, -0.25) is 9.36 Å². The van der Waals surface area contributed by atoms with Crippen molar-refractivity contribution in [2.75, 3.05) is 0 Å². The third-order valence-electron chi connectivity index (χ3n) is 1.21. The molecule has 6 heteroatoms. The van der Waals surface area contributed by atoms with Gasteiger partial charge < -0.3 is 15.1 Å². The summed E-state index contributed by atoms with van der Waals surface area (Å²) in [6, 6.07) is 0. The standard InChI is InChI=1S/C5H12NO4P/c1-4(7)6-5(2,3)11(8,9)10/h1-3H3,(H,6,7)(H2,8,9,10). The molecule has 0 atom stereocenters. The van der Waals surface area contributed by atoms with Gasteiger partial charge >= 0.3 is 7.60 Å². The van der Waals surface area contributed by atoms with Crippen LogP contribution >= 0.6 is 7.60 Å². The average Bonchev–Trinajstić information content (AvgIpc) is 1.56. The van der Waals surface area contributed by atoms with E-state index < -0.39 is 18.8 Å². The lowest BCUT2D eigenvalue weighted by Gasteiger charge is -2.26. The van der Waals surface area contributed by atoms with Gasteiger partial charge in [0.2, 0.25) is 5.91 Å². The predicted molar refractivity (Wildman–Crippen MR) is 39.9 cm³/mol. The van der Waals surface area contributed by atoms with E-state index in [1.165, 1.54) is 20.8 Å². The number of carbonyl (C=O) groups is 1. The Balaban J connectivity index is 4.48. The van der Waals surface area contributed by atoms with Crippen LogP contribution in [0.25, 0.3) is 0 Å². The van der Waals surface area contributed by atoms with Crippen molar-refractivity contribution in [3.8, 4) is 0 Å². The highest BCUT2D eigenvalue weighted by Crippen LogP contribution is 2.47. The summed E-state index contributed by atoms with van der Waals surface area (Å²) in [5, 5.41) is 0.684. The summed E-state index contributed by atoms with van der Waals surface area (Å²) in [6.07, 6.45) is 0. The Morgan fingerprint density at radius 1 is 1.45 bits per heavy atom. The van der Waals surface area contributed by atoms with Crippen LogP contribution in [-0.4, -0.2) is 21.0 Å². The van der Waals surface area contributed by atoms with Crippen molar-refractivity contribution in [2.45, 2.75) is 26.1 Å². The van der Waals surface area contributed by atoms with Gasteiger partial charge in [0.15, 0.2) is 0 Å². The molecule has 0 heterocycles. The molecule has 66 valence electrons. The second-order valence-corrected chi connectivity index (χ2v) is 4.99. The number of hydrogen-bond donors (Lipinski definition) is 3. The molecule has 0 aromatic carbocycles. The normalized spacial score (nSPS) is 12.8. The molecule has 0 radical (unpaired) electrons. The Labute approximate surface area is 65.0 Å². The number of hydrogen-bond acceptors (Lipinski definition) is 2. The summed E-state index contributed by atoms with van der Waals surface area (Å²) >= 11 is 0. The molecule has 0 aliphatic heterocycles. The van der Waals surface area contributed by atoms with Gasteiger partial charge in [-0.15, -0.1) is 0 Å². The van der Waals surface area contributed by atoms with Crippen molar-refractivity contribution in [1.82, 2.24) is 5.32 Å². The van der Waals surface area contributed by atoms with Crippen LogP contribution in [0, 0.1) is 0 Å². The lowest BCUT2D eigenvalue weighted by molar-refractivity contribution is -0.119. The molecule has 0 rings (SSSR count). The van der Waals surface area contributed by atoms with E-state index in [1.54, 1.807) is 0 Å². The molecule has 1 amide bonds. The van der Waals surface area contributed by atoms with Gasteiger partial charge in [0, 0.05) is 6.92 Å². The van der Waals surface area contributed by atoms with Crippen LogP contribution in [-0.2, 0) is 9.36 Å². The third kappa shape index (κ3) is 3.01. The maximum atomic E-state index is 10.7. The second kappa shape index (κ2) is 2.93. The van der Waals surface area contributed by atoms with Gasteiger partial charge in [-0.1, -0.05) is 0 Å². The molecule has 3 N–H and O–H groups in total. The zero-order valence-corrected chi connectivity index (χ0v) is 7.55. The highest BCUT2D eigenvalue weighted by molar-refractivity contribution is 7.53. The monoisotopic (exact) mass is 181 g/mol. The van der Waals surface area contributed by atoms with Crippen LogP contribution < -0.4 is 5.32 Å². The van der Waals surface area contributed by atoms with Crippen LogP contribution in [0.4, 0.5) is 0 Å². The zero-order valence-electron chi connectivity index (χ0n) is 6.66. The highest BCUT2D eigenvalue weighted by atomic mass is 31.2. The summed E-state index contributed by atoms with van der Waals surface area (Å²) in [5.74, 6) is -0.460. The van der Waals surface area contributed by atoms with E-state index in [9.17, 15) is 9.36 Å². The van der Waals surface area contributed by atoms with E-state index >= 15 is 0 Å². The first kappa shape index (κ1) is 10.6. The van der Waals surface area contributed by atoms with E-state index in [0.717, 1.165) is 0 Å². The number of nitrogens with one attached hydrogen (secondary N) is 1. The summed E-state index contributed by atoms with van der Waals surface area (Å²) in [5.41, 5.74) is 0. The minimum absolute atomic E-state index is 0.460. The number of rotatable bonds is 2. The average molecular weight is 181 g/mol. The number of amides is 1. The van der Waals surface area contributed by atoms with E-state index in [2.05, 4.69) is 5.32 Å². The maximum absolute atomic E-state index is 10.7. The molecule has 0 saturated carbocycles. The summed E-state index contributed by atoms with van der Waals surface area (Å²) in [4.78, 5) is 27.8. The topological polar surface area (TPSA) is 86.6 Å². The summed E-state index contributed by atoms with van der Waals surface area (Å²) in [7, 11) is -4.25. The Morgan fingerprint density at radius 3 is 1.91 bits per heavy atom. The fourth-order valence-corrected chi connectivity index (χ4v) is 0.807. The van der Waals surface area contributed by atoms with Gasteiger partial charge in [-0.25, -0.2) is 0 Å². The van der Waals surface area contributed by atoms with Crippen molar-refractivity contribution in [1.29, 1.82) is 0 Å². The molecule has 0 unspecified atom stereocenters. The van der Waals surface area contributed by atoms with Gasteiger partial charge in [-0.05, 0) is 13.8 Å².